The van der Waals surface area contributed by atoms with Gasteiger partial charge in [0.05, 0.1) is 12.3 Å². The van der Waals surface area contributed by atoms with Crippen molar-refractivity contribution in [2.75, 3.05) is 0 Å². The predicted molar refractivity (Wildman–Crippen MR) is 83.5 cm³/mol. The molecule has 0 aromatic carbocycles. The van der Waals surface area contributed by atoms with Crippen LogP contribution in [0.3, 0.4) is 0 Å². The summed E-state index contributed by atoms with van der Waals surface area (Å²) in [6.07, 6.45) is 11.2. The van der Waals surface area contributed by atoms with E-state index in [2.05, 4.69) is 25.9 Å². The Labute approximate surface area is 123 Å². The van der Waals surface area contributed by atoms with E-state index in [-0.39, 0.29) is 18.2 Å². The summed E-state index contributed by atoms with van der Waals surface area (Å²) in [7, 11) is 1.92. The van der Waals surface area contributed by atoms with E-state index in [9.17, 15) is 0 Å². The van der Waals surface area contributed by atoms with Gasteiger partial charge in [-0.05, 0) is 19.8 Å². The minimum Gasteiger partial charge on any atom is -0.369 e. The van der Waals surface area contributed by atoms with Crippen molar-refractivity contribution in [2.24, 2.45) is 12.8 Å². The van der Waals surface area contributed by atoms with Crippen molar-refractivity contribution in [3.8, 4) is 0 Å². The molecule has 1 aromatic heterocycles. The maximum atomic E-state index is 6.22. The SMILES string of the molecule is CCCCCCC(C)OC(c1cnn(C)c1)C(N)CC. The summed E-state index contributed by atoms with van der Waals surface area (Å²) in [5.41, 5.74) is 7.31. The van der Waals surface area contributed by atoms with E-state index in [0.717, 1.165) is 18.4 Å². The minimum absolute atomic E-state index is 0.0253. The van der Waals surface area contributed by atoms with Crippen molar-refractivity contribution in [2.45, 2.75) is 77.5 Å². The monoisotopic (exact) mass is 281 g/mol. The molecule has 0 aliphatic carbocycles. The molecule has 0 aliphatic heterocycles. The molecule has 116 valence electrons. The molecule has 0 saturated carbocycles. The zero-order valence-corrected chi connectivity index (χ0v) is 13.5. The summed E-state index contributed by atoms with van der Waals surface area (Å²) in [4.78, 5) is 0. The second-order valence-electron chi connectivity index (χ2n) is 5.74. The van der Waals surface area contributed by atoms with Crippen LogP contribution in [0, 0.1) is 0 Å². The van der Waals surface area contributed by atoms with Gasteiger partial charge < -0.3 is 10.5 Å². The summed E-state index contributed by atoms with van der Waals surface area (Å²) < 4.78 is 8.01. The van der Waals surface area contributed by atoms with Gasteiger partial charge >= 0.3 is 0 Å². The van der Waals surface area contributed by atoms with Crippen molar-refractivity contribution in [3.63, 3.8) is 0 Å². The molecular formula is C16H31N3O. The van der Waals surface area contributed by atoms with E-state index in [0.29, 0.717) is 0 Å². The van der Waals surface area contributed by atoms with Gasteiger partial charge in [-0.15, -0.1) is 0 Å². The number of nitrogens with zero attached hydrogens (tertiary/aromatic N) is 2. The van der Waals surface area contributed by atoms with Gasteiger partial charge in [0.15, 0.2) is 0 Å². The summed E-state index contributed by atoms with van der Waals surface area (Å²) >= 11 is 0. The number of ether oxygens (including phenoxy) is 1. The molecule has 4 nitrogen and oxygen atoms in total. The molecule has 0 radical (unpaired) electrons. The summed E-state index contributed by atoms with van der Waals surface area (Å²) in [5.74, 6) is 0. The summed E-state index contributed by atoms with van der Waals surface area (Å²) in [6, 6.07) is 0.0253. The largest absolute Gasteiger partial charge is 0.369 e. The van der Waals surface area contributed by atoms with Gasteiger partial charge in [-0.1, -0.05) is 39.5 Å². The highest BCUT2D eigenvalue weighted by Gasteiger charge is 2.22. The van der Waals surface area contributed by atoms with Crippen LogP contribution < -0.4 is 5.73 Å². The fraction of sp³-hybridized carbons (Fsp3) is 0.812. The Bertz CT molecular complexity index is 364. The maximum Gasteiger partial charge on any atom is 0.101 e. The molecular weight excluding hydrogens is 250 g/mol. The Morgan fingerprint density at radius 1 is 1.30 bits per heavy atom. The summed E-state index contributed by atoms with van der Waals surface area (Å²) in [6.45, 7) is 6.49. The van der Waals surface area contributed by atoms with E-state index in [1.807, 2.05) is 19.4 Å². The minimum atomic E-state index is -0.0464. The molecule has 0 bridgehead atoms. The van der Waals surface area contributed by atoms with Crippen molar-refractivity contribution in [3.05, 3.63) is 18.0 Å². The molecule has 0 saturated heterocycles. The average Bonchev–Trinajstić information content (AvgIpc) is 2.86. The molecule has 0 aliphatic rings. The normalized spacial score (nSPS) is 16.1. The predicted octanol–water partition coefficient (Wildman–Crippen LogP) is 3.57. The molecule has 2 N–H and O–H groups in total. The summed E-state index contributed by atoms with van der Waals surface area (Å²) in [5, 5.41) is 4.23. The number of unbranched alkanes of at least 4 members (excludes halogenated alkanes) is 3. The molecule has 3 unspecified atom stereocenters. The zero-order valence-electron chi connectivity index (χ0n) is 13.5. The van der Waals surface area contributed by atoms with Gasteiger partial charge in [0, 0.05) is 24.8 Å². The molecule has 0 amide bonds. The van der Waals surface area contributed by atoms with Crippen molar-refractivity contribution in [1.29, 1.82) is 0 Å². The highest BCUT2D eigenvalue weighted by atomic mass is 16.5. The highest BCUT2D eigenvalue weighted by Crippen LogP contribution is 2.24. The molecule has 4 heteroatoms. The van der Waals surface area contributed by atoms with Crippen LogP contribution in [0.15, 0.2) is 12.4 Å². The number of aromatic nitrogens is 2. The quantitative estimate of drug-likeness (QED) is 0.667. The molecule has 1 aromatic rings. The third-order valence-electron chi connectivity index (χ3n) is 3.76. The van der Waals surface area contributed by atoms with E-state index < -0.39 is 0 Å². The first-order valence-corrected chi connectivity index (χ1v) is 7.98. The van der Waals surface area contributed by atoms with Gasteiger partial charge in [0.2, 0.25) is 0 Å². The molecule has 1 heterocycles. The topological polar surface area (TPSA) is 53.1 Å². The van der Waals surface area contributed by atoms with Gasteiger partial charge in [-0.2, -0.15) is 5.10 Å². The van der Waals surface area contributed by atoms with Crippen molar-refractivity contribution in [1.82, 2.24) is 9.78 Å². The van der Waals surface area contributed by atoms with Gasteiger partial charge in [-0.3, -0.25) is 4.68 Å². The lowest BCUT2D eigenvalue weighted by Gasteiger charge is -2.26. The van der Waals surface area contributed by atoms with Gasteiger partial charge in [0.1, 0.15) is 6.10 Å². The fourth-order valence-corrected chi connectivity index (χ4v) is 2.40. The first-order valence-electron chi connectivity index (χ1n) is 7.98. The van der Waals surface area contributed by atoms with E-state index in [1.54, 1.807) is 4.68 Å². The van der Waals surface area contributed by atoms with Crippen LogP contribution in [-0.4, -0.2) is 21.9 Å². The van der Waals surface area contributed by atoms with E-state index in [1.165, 1.54) is 25.7 Å². The van der Waals surface area contributed by atoms with Crippen LogP contribution in [0.4, 0.5) is 0 Å². The number of nitrogens with two attached hydrogens (primary N) is 1. The maximum absolute atomic E-state index is 6.22. The average molecular weight is 281 g/mol. The van der Waals surface area contributed by atoms with E-state index >= 15 is 0 Å². The Morgan fingerprint density at radius 3 is 2.60 bits per heavy atom. The molecule has 0 fully saturated rings. The van der Waals surface area contributed by atoms with Crippen LogP contribution in [0.5, 0.6) is 0 Å². The lowest BCUT2D eigenvalue weighted by Crippen LogP contribution is -2.31. The fourth-order valence-electron chi connectivity index (χ4n) is 2.40. The Balaban J connectivity index is 2.52. The number of rotatable bonds is 10. The molecule has 3 atom stereocenters. The number of hydrogen-bond acceptors (Lipinski definition) is 3. The third kappa shape index (κ3) is 5.63. The molecule has 1 rings (SSSR count). The van der Waals surface area contributed by atoms with Gasteiger partial charge in [-0.25, -0.2) is 0 Å². The van der Waals surface area contributed by atoms with Crippen LogP contribution in [0.1, 0.15) is 71.0 Å². The Kier molecular flexibility index (Phi) is 7.85. The lowest BCUT2D eigenvalue weighted by molar-refractivity contribution is -0.0230. The molecule has 20 heavy (non-hydrogen) atoms. The number of hydrogen-bond donors (Lipinski definition) is 1. The first-order chi connectivity index (χ1) is 9.58. The second kappa shape index (κ2) is 9.14. The van der Waals surface area contributed by atoms with E-state index in [4.69, 9.17) is 10.5 Å². The van der Waals surface area contributed by atoms with Crippen LogP contribution >= 0.6 is 0 Å². The zero-order chi connectivity index (χ0) is 15.0. The van der Waals surface area contributed by atoms with Crippen LogP contribution in [0.25, 0.3) is 0 Å². The Hall–Kier alpha value is -0.870. The standard InChI is InChI=1S/C16H31N3O/c1-5-7-8-9-10-13(3)20-16(15(17)6-2)14-11-18-19(4)12-14/h11-13,15-16H,5-10,17H2,1-4H3. The highest BCUT2D eigenvalue weighted by molar-refractivity contribution is 5.10. The van der Waals surface area contributed by atoms with Crippen molar-refractivity contribution < 1.29 is 4.74 Å². The van der Waals surface area contributed by atoms with Crippen LogP contribution in [-0.2, 0) is 11.8 Å². The Morgan fingerprint density at radius 2 is 2.05 bits per heavy atom. The second-order valence-corrected chi connectivity index (χ2v) is 5.74. The first kappa shape index (κ1) is 17.2. The third-order valence-corrected chi connectivity index (χ3v) is 3.76. The number of aryl methyl sites for hydroxylation is 1. The molecule has 0 spiro atoms. The van der Waals surface area contributed by atoms with Gasteiger partial charge in [0.25, 0.3) is 0 Å². The van der Waals surface area contributed by atoms with Crippen LogP contribution in [0.2, 0.25) is 0 Å². The smallest absolute Gasteiger partial charge is 0.101 e. The van der Waals surface area contributed by atoms with Crippen molar-refractivity contribution >= 4 is 0 Å². The lowest BCUT2D eigenvalue weighted by atomic mass is 10.0.